The van der Waals surface area contributed by atoms with E-state index in [9.17, 15) is 26.7 Å². The normalized spacial score (nSPS) is 14.6. The van der Waals surface area contributed by atoms with Crippen LogP contribution < -0.4 is 10.6 Å². The van der Waals surface area contributed by atoms with E-state index in [0.717, 1.165) is 37.6 Å². The lowest BCUT2D eigenvalue weighted by molar-refractivity contribution is -0.137. The molecule has 144 valence electrons. The summed E-state index contributed by atoms with van der Waals surface area (Å²) in [6, 6.07) is 3.22. The van der Waals surface area contributed by atoms with Gasteiger partial charge in [0.25, 0.3) is 5.91 Å². The maximum Gasteiger partial charge on any atom is 0.417 e. The molecule has 4 nitrogen and oxygen atoms in total. The highest BCUT2D eigenvalue weighted by molar-refractivity contribution is 5.96. The number of carbonyl (C=O) groups is 1. The molecule has 0 aliphatic heterocycles. The van der Waals surface area contributed by atoms with Gasteiger partial charge in [0.15, 0.2) is 0 Å². The predicted octanol–water partition coefficient (Wildman–Crippen LogP) is 4.65. The number of carbonyl (C=O) groups excluding carboxylic acids is 1. The third-order valence-electron chi connectivity index (χ3n) is 4.42. The summed E-state index contributed by atoms with van der Waals surface area (Å²) in [5.41, 5.74) is -2.03. The number of pyridine rings is 1. The Bertz CT molecular complexity index is 849. The van der Waals surface area contributed by atoms with Crippen LogP contribution >= 0.6 is 0 Å². The second kappa shape index (κ2) is 7.50. The van der Waals surface area contributed by atoms with Crippen molar-refractivity contribution in [2.24, 2.45) is 5.92 Å². The number of nitrogens with one attached hydrogen (secondary N) is 2. The second-order valence-corrected chi connectivity index (χ2v) is 6.37. The van der Waals surface area contributed by atoms with Gasteiger partial charge in [0.2, 0.25) is 0 Å². The molecule has 27 heavy (non-hydrogen) atoms. The number of amides is 1. The van der Waals surface area contributed by atoms with Crippen molar-refractivity contribution in [3.63, 3.8) is 0 Å². The number of rotatable bonds is 5. The van der Waals surface area contributed by atoms with Crippen LogP contribution in [0.4, 0.5) is 33.5 Å². The third-order valence-corrected chi connectivity index (χ3v) is 4.42. The summed E-state index contributed by atoms with van der Waals surface area (Å²) >= 11 is 0. The zero-order valence-electron chi connectivity index (χ0n) is 14.0. The monoisotopic (exact) mass is 385 g/mol. The van der Waals surface area contributed by atoms with Crippen LogP contribution in [0.15, 0.2) is 30.5 Å². The van der Waals surface area contributed by atoms with Crippen molar-refractivity contribution in [1.29, 1.82) is 0 Å². The molecule has 0 unspecified atom stereocenters. The number of nitrogens with zero attached hydrogens (tertiary/aromatic N) is 1. The molecule has 1 aliphatic rings. The van der Waals surface area contributed by atoms with E-state index in [1.54, 1.807) is 0 Å². The van der Waals surface area contributed by atoms with Gasteiger partial charge in [-0.2, -0.15) is 13.2 Å². The van der Waals surface area contributed by atoms with Crippen molar-refractivity contribution in [3.05, 3.63) is 53.2 Å². The van der Waals surface area contributed by atoms with E-state index in [0.29, 0.717) is 24.6 Å². The molecule has 1 amide bonds. The molecule has 1 aliphatic carbocycles. The van der Waals surface area contributed by atoms with E-state index < -0.39 is 34.8 Å². The topological polar surface area (TPSA) is 54.0 Å². The number of hydrogen-bond acceptors (Lipinski definition) is 3. The fourth-order valence-corrected chi connectivity index (χ4v) is 2.70. The number of anilines is 2. The highest BCUT2D eigenvalue weighted by Crippen LogP contribution is 2.34. The molecule has 3 rings (SSSR count). The van der Waals surface area contributed by atoms with E-state index in [-0.39, 0.29) is 11.5 Å². The summed E-state index contributed by atoms with van der Waals surface area (Å²) in [5.74, 6) is -2.68. The largest absolute Gasteiger partial charge is 0.417 e. The smallest absolute Gasteiger partial charge is 0.352 e. The highest BCUT2D eigenvalue weighted by Gasteiger charge is 2.36. The molecule has 1 aromatic heterocycles. The van der Waals surface area contributed by atoms with E-state index >= 15 is 0 Å². The molecule has 0 bridgehead atoms. The van der Waals surface area contributed by atoms with Gasteiger partial charge >= 0.3 is 6.18 Å². The van der Waals surface area contributed by atoms with Crippen molar-refractivity contribution in [1.82, 2.24) is 10.3 Å². The van der Waals surface area contributed by atoms with Crippen LogP contribution in [0.1, 0.15) is 35.2 Å². The van der Waals surface area contributed by atoms with Crippen molar-refractivity contribution in [2.75, 3.05) is 11.9 Å². The van der Waals surface area contributed by atoms with Crippen LogP contribution in [-0.4, -0.2) is 17.4 Å². The Labute approximate surface area is 151 Å². The van der Waals surface area contributed by atoms with Gasteiger partial charge in [-0.05, 0) is 37.0 Å². The molecule has 0 atom stereocenters. The molecule has 2 N–H and O–H groups in total. The molecule has 2 aromatic rings. The summed E-state index contributed by atoms with van der Waals surface area (Å²) < 4.78 is 66.7. The fraction of sp³-hybridized carbons (Fsp3) is 0.333. The quantitative estimate of drug-likeness (QED) is 0.737. The van der Waals surface area contributed by atoms with Crippen LogP contribution in [0.2, 0.25) is 0 Å². The van der Waals surface area contributed by atoms with Gasteiger partial charge in [0.05, 0.1) is 16.8 Å². The van der Waals surface area contributed by atoms with Crippen LogP contribution in [0.3, 0.4) is 0 Å². The van der Waals surface area contributed by atoms with Gasteiger partial charge in [-0.25, -0.2) is 13.8 Å². The van der Waals surface area contributed by atoms with Gasteiger partial charge in [0.1, 0.15) is 17.5 Å². The number of benzene rings is 1. The molecule has 0 radical (unpaired) electrons. The van der Waals surface area contributed by atoms with Crippen LogP contribution in [0.25, 0.3) is 0 Å². The minimum absolute atomic E-state index is 0.237. The van der Waals surface area contributed by atoms with E-state index in [2.05, 4.69) is 15.6 Å². The minimum atomic E-state index is -4.80. The Kier molecular flexibility index (Phi) is 5.29. The Balaban J connectivity index is 1.83. The summed E-state index contributed by atoms with van der Waals surface area (Å²) in [6.07, 6.45) is -1.07. The molecule has 9 heteroatoms. The fourth-order valence-electron chi connectivity index (χ4n) is 2.70. The van der Waals surface area contributed by atoms with Crippen LogP contribution in [0, 0.1) is 17.6 Å². The van der Waals surface area contributed by atoms with Gasteiger partial charge in [-0.15, -0.1) is 0 Å². The maximum absolute atomic E-state index is 13.7. The molecule has 0 saturated heterocycles. The molecular formula is C18H16F5N3O. The van der Waals surface area contributed by atoms with Crippen molar-refractivity contribution in [2.45, 2.75) is 25.4 Å². The third kappa shape index (κ3) is 4.53. The Morgan fingerprint density at radius 1 is 1.19 bits per heavy atom. The van der Waals surface area contributed by atoms with Crippen LogP contribution in [0.5, 0.6) is 0 Å². The summed E-state index contributed by atoms with van der Waals surface area (Å²) in [7, 11) is 0. The van der Waals surface area contributed by atoms with E-state index in [1.807, 2.05) is 0 Å². The first-order chi connectivity index (χ1) is 12.7. The Morgan fingerprint density at radius 2 is 1.93 bits per heavy atom. The number of aromatic nitrogens is 1. The molecule has 0 spiro atoms. The summed E-state index contributed by atoms with van der Waals surface area (Å²) in [5, 5.41) is 4.86. The Morgan fingerprint density at radius 3 is 2.52 bits per heavy atom. The van der Waals surface area contributed by atoms with E-state index in [1.165, 1.54) is 0 Å². The van der Waals surface area contributed by atoms with Gasteiger partial charge in [-0.3, -0.25) is 4.79 Å². The summed E-state index contributed by atoms with van der Waals surface area (Å²) in [6.45, 7) is 0.316. The van der Waals surface area contributed by atoms with Crippen LogP contribution in [-0.2, 0) is 6.18 Å². The molecular weight excluding hydrogens is 369 g/mol. The van der Waals surface area contributed by atoms with Crippen molar-refractivity contribution < 1.29 is 26.7 Å². The zero-order chi connectivity index (χ0) is 19.6. The zero-order valence-corrected chi connectivity index (χ0v) is 14.0. The number of alkyl halides is 3. The van der Waals surface area contributed by atoms with Crippen molar-refractivity contribution in [3.8, 4) is 0 Å². The number of halogens is 5. The first-order valence-corrected chi connectivity index (χ1v) is 8.31. The summed E-state index contributed by atoms with van der Waals surface area (Å²) in [4.78, 5) is 15.9. The lowest BCUT2D eigenvalue weighted by Crippen LogP contribution is -2.33. The number of hydrogen-bond donors (Lipinski definition) is 2. The lowest BCUT2D eigenvalue weighted by Gasteiger charge is -2.25. The SMILES string of the molecule is O=C(NCC1CCC1)c1cnc(Nc2ccc(F)cc2F)cc1C(F)(F)F. The lowest BCUT2D eigenvalue weighted by atomic mass is 9.85. The Hall–Kier alpha value is -2.71. The van der Waals surface area contributed by atoms with Gasteiger partial charge in [-0.1, -0.05) is 6.42 Å². The average Bonchev–Trinajstić information content (AvgIpc) is 2.55. The first kappa shape index (κ1) is 19.1. The second-order valence-electron chi connectivity index (χ2n) is 6.37. The highest BCUT2D eigenvalue weighted by atomic mass is 19.4. The molecule has 1 fully saturated rings. The van der Waals surface area contributed by atoms with Gasteiger partial charge in [0, 0.05) is 18.8 Å². The predicted molar refractivity (Wildman–Crippen MR) is 88.6 cm³/mol. The standard InChI is InChI=1S/C18H16F5N3O/c19-11-4-5-15(14(20)6-11)26-16-7-13(18(21,22)23)12(9-24-16)17(27)25-8-10-2-1-3-10/h4-7,9-10H,1-3,8H2,(H,24,26)(H,25,27). The van der Waals surface area contributed by atoms with Crippen molar-refractivity contribution >= 4 is 17.4 Å². The van der Waals surface area contributed by atoms with E-state index in [4.69, 9.17) is 0 Å². The molecule has 1 aromatic carbocycles. The first-order valence-electron chi connectivity index (χ1n) is 8.31. The molecule has 1 saturated carbocycles. The average molecular weight is 385 g/mol. The van der Waals surface area contributed by atoms with Gasteiger partial charge < -0.3 is 10.6 Å². The maximum atomic E-state index is 13.7. The minimum Gasteiger partial charge on any atom is -0.352 e. The molecule has 1 heterocycles.